The molecule has 2 aliphatic heterocycles. The number of para-hydroxylation sites is 1. The third kappa shape index (κ3) is 1.61. The minimum Gasteiger partial charge on any atom is -0.508 e. The monoisotopic (exact) mass is 295 g/mol. The number of nitrogens with one attached hydrogen (secondary N) is 1. The summed E-state index contributed by atoms with van der Waals surface area (Å²) in [5.41, 5.74) is 1.37. The number of anilines is 1. The molecule has 4 nitrogen and oxygen atoms in total. The maximum atomic E-state index is 12.9. The Morgan fingerprint density at radius 3 is 2.73 bits per heavy atom. The van der Waals surface area contributed by atoms with Crippen LogP contribution in [0.15, 0.2) is 42.5 Å². The van der Waals surface area contributed by atoms with Crippen molar-refractivity contribution in [1.29, 1.82) is 0 Å². The Kier molecular flexibility index (Phi) is 2.42. The normalized spacial score (nSPS) is 24.4. The SMILES string of the molecule is CC1(C)CC2(C(=O)Nc3ccccc32)c2ccc(O)cc2O1. The van der Waals surface area contributed by atoms with Gasteiger partial charge in [0.15, 0.2) is 0 Å². The first-order valence-corrected chi connectivity index (χ1v) is 7.36. The Labute approximate surface area is 128 Å². The van der Waals surface area contributed by atoms with Gasteiger partial charge in [-0.3, -0.25) is 4.79 Å². The van der Waals surface area contributed by atoms with E-state index < -0.39 is 11.0 Å². The van der Waals surface area contributed by atoms with Crippen molar-refractivity contribution in [3.63, 3.8) is 0 Å². The molecule has 4 heteroatoms. The molecular formula is C18H17NO3. The molecule has 2 heterocycles. The van der Waals surface area contributed by atoms with Crippen LogP contribution in [0.25, 0.3) is 0 Å². The zero-order valence-electron chi connectivity index (χ0n) is 12.5. The quantitative estimate of drug-likeness (QED) is 0.784. The predicted molar refractivity (Wildman–Crippen MR) is 83.3 cm³/mol. The van der Waals surface area contributed by atoms with Crippen LogP contribution in [0.4, 0.5) is 5.69 Å². The molecule has 1 amide bonds. The third-order valence-corrected chi connectivity index (χ3v) is 4.52. The number of hydrogen-bond acceptors (Lipinski definition) is 3. The number of phenols is 1. The van der Waals surface area contributed by atoms with Crippen LogP contribution >= 0.6 is 0 Å². The number of rotatable bonds is 0. The zero-order chi connectivity index (χ0) is 15.5. The molecule has 2 aromatic rings. The lowest BCUT2D eigenvalue weighted by atomic mass is 9.67. The van der Waals surface area contributed by atoms with Crippen molar-refractivity contribution in [2.24, 2.45) is 0 Å². The maximum Gasteiger partial charge on any atom is 0.239 e. The zero-order valence-corrected chi connectivity index (χ0v) is 12.5. The second-order valence-electron chi connectivity index (χ2n) is 6.62. The first-order valence-electron chi connectivity index (χ1n) is 7.36. The highest BCUT2D eigenvalue weighted by molar-refractivity contribution is 6.09. The molecule has 4 rings (SSSR count). The van der Waals surface area contributed by atoms with Crippen molar-refractivity contribution in [3.05, 3.63) is 53.6 Å². The third-order valence-electron chi connectivity index (χ3n) is 4.52. The molecule has 0 bridgehead atoms. The fraction of sp³-hybridized carbons (Fsp3) is 0.278. The number of carbonyl (C=O) groups is 1. The van der Waals surface area contributed by atoms with Crippen molar-refractivity contribution in [1.82, 2.24) is 0 Å². The fourth-order valence-electron chi connectivity index (χ4n) is 3.77. The topological polar surface area (TPSA) is 58.6 Å². The fourth-order valence-corrected chi connectivity index (χ4v) is 3.77. The van der Waals surface area contributed by atoms with Gasteiger partial charge in [0.05, 0.1) is 0 Å². The lowest BCUT2D eigenvalue weighted by Crippen LogP contribution is -2.48. The smallest absolute Gasteiger partial charge is 0.239 e. The lowest BCUT2D eigenvalue weighted by Gasteiger charge is -2.43. The van der Waals surface area contributed by atoms with Crippen molar-refractivity contribution >= 4 is 11.6 Å². The van der Waals surface area contributed by atoms with Gasteiger partial charge in [0.2, 0.25) is 5.91 Å². The van der Waals surface area contributed by atoms with E-state index >= 15 is 0 Å². The summed E-state index contributed by atoms with van der Waals surface area (Å²) in [4.78, 5) is 12.9. The number of fused-ring (bicyclic) bond motifs is 4. The maximum absolute atomic E-state index is 12.9. The molecule has 22 heavy (non-hydrogen) atoms. The molecule has 0 saturated heterocycles. The molecule has 0 saturated carbocycles. The first-order chi connectivity index (χ1) is 10.4. The van der Waals surface area contributed by atoms with Gasteiger partial charge in [-0.15, -0.1) is 0 Å². The average Bonchev–Trinajstić information content (AvgIpc) is 2.70. The van der Waals surface area contributed by atoms with Crippen LogP contribution in [0.1, 0.15) is 31.4 Å². The molecule has 2 aromatic carbocycles. The van der Waals surface area contributed by atoms with Gasteiger partial charge in [0.25, 0.3) is 0 Å². The molecule has 0 radical (unpaired) electrons. The van der Waals surface area contributed by atoms with E-state index in [-0.39, 0.29) is 11.7 Å². The van der Waals surface area contributed by atoms with E-state index in [1.807, 2.05) is 38.1 Å². The highest BCUT2D eigenvalue weighted by Gasteiger charge is 2.55. The van der Waals surface area contributed by atoms with E-state index in [0.29, 0.717) is 12.2 Å². The number of hydrogen-bond donors (Lipinski definition) is 2. The van der Waals surface area contributed by atoms with E-state index in [0.717, 1.165) is 16.8 Å². The van der Waals surface area contributed by atoms with Crippen molar-refractivity contribution in [2.75, 3.05) is 5.32 Å². The van der Waals surface area contributed by atoms with Gasteiger partial charge >= 0.3 is 0 Å². The minimum absolute atomic E-state index is 0.0305. The van der Waals surface area contributed by atoms with Gasteiger partial charge in [0.1, 0.15) is 22.5 Å². The molecule has 2 N–H and O–H groups in total. The molecule has 0 aliphatic carbocycles. The van der Waals surface area contributed by atoms with Crippen LogP contribution in [-0.4, -0.2) is 16.6 Å². The summed E-state index contributed by atoms with van der Waals surface area (Å²) in [6.45, 7) is 3.94. The Morgan fingerprint density at radius 2 is 1.91 bits per heavy atom. The molecule has 1 spiro atoms. The van der Waals surface area contributed by atoms with E-state index in [2.05, 4.69) is 5.32 Å². The number of benzene rings is 2. The second-order valence-corrected chi connectivity index (χ2v) is 6.62. The van der Waals surface area contributed by atoms with Crippen molar-refractivity contribution in [2.45, 2.75) is 31.3 Å². The highest BCUT2D eigenvalue weighted by Crippen LogP contribution is 2.54. The van der Waals surface area contributed by atoms with Crippen LogP contribution in [0.2, 0.25) is 0 Å². The largest absolute Gasteiger partial charge is 0.508 e. The van der Waals surface area contributed by atoms with Gasteiger partial charge in [0, 0.05) is 23.7 Å². The van der Waals surface area contributed by atoms with E-state index in [1.54, 1.807) is 18.2 Å². The molecular weight excluding hydrogens is 278 g/mol. The number of ether oxygens (including phenoxy) is 1. The number of phenolic OH excluding ortho intramolecular Hbond substituents is 1. The van der Waals surface area contributed by atoms with Gasteiger partial charge in [-0.1, -0.05) is 24.3 Å². The first kappa shape index (κ1) is 13.2. The molecule has 1 atom stereocenters. The summed E-state index contributed by atoms with van der Waals surface area (Å²) < 4.78 is 6.01. The molecule has 0 fully saturated rings. The Hall–Kier alpha value is -2.49. The Bertz CT molecular complexity index is 797. The van der Waals surface area contributed by atoms with Crippen LogP contribution in [0, 0.1) is 0 Å². The average molecular weight is 295 g/mol. The summed E-state index contributed by atoms with van der Waals surface area (Å²) in [5, 5.41) is 12.8. The van der Waals surface area contributed by atoms with Crippen LogP contribution in [-0.2, 0) is 10.2 Å². The molecule has 1 unspecified atom stereocenters. The molecule has 0 aromatic heterocycles. The second kappa shape index (κ2) is 4.03. The van der Waals surface area contributed by atoms with Crippen LogP contribution < -0.4 is 10.1 Å². The Balaban J connectivity index is 2.05. The predicted octanol–water partition coefficient (Wildman–Crippen LogP) is 3.19. The van der Waals surface area contributed by atoms with Crippen molar-refractivity contribution in [3.8, 4) is 11.5 Å². The van der Waals surface area contributed by atoms with Gasteiger partial charge in [-0.2, -0.15) is 0 Å². The number of aromatic hydroxyl groups is 1. The number of carbonyl (C=O) groups excluding carboxylic acids is 1. The standard InChI is InChI=1S/C18H17NO3/c1-17(2)10-18(13-8-7-11(20)9-15(13)22-17)12-5-3-4-6-14(12)19-16(18)21/h3-9,20H,10H2,1-2H3,(H,19,21). The minimum atomic E-state index is -0.763. The van der Waals surface area contributed by atoms with Gasteiger partial charge in [-0.05, 0) is 31.5 Å². The van der Waals surface area contributed by atoms with E-state index in [9.17, 15) is 9.90 Å². The summed E-state index contributed by atoms with van der Waals surface area (Å²) in [7, 11) is 0. The summed E-state index contributed by atoms with van der Waals surface area (Å²) in [6, 6.07) is 12.8. The molecule has 2 aliphatic rings. The van der Waals surface area contributed by atoms with E-state index in [1.165, 1.54) is 0 Å². The van der Waals surface area contributed by atoms with Gasteiger partial charge < -0.3 is 15.2 Å². The lowest BCUT2D eigenvalue weighted by molar-refractivity contribution is -0.122. The van der Waals surface area contributed by atoms with Crippen molar-refractivity contribution < 1.29 is 14.6 Å². The summed E-state index contributed by atoms with van der Waals surface area (Å²) in [5.74, 6) is 0.679. The number of amides is 1. The highest BCUT2D eigenvalue weighted by atomic mass is 16.5. The Morgan fingerprint density at radius 1 is 1.14 bits per heavy atom. The van der Waals surface area contributed by atoms with E-state index in [4.69, 9.17) is 4.74 Å². The van der Waals surface area contributed by atoms with Crippen LogP contribution in [0.5, 0.6) is 11.5 Å². The summed E-state index contributed by atoms with van der Waals surface area (Å²) in [6.07, 6.45) is 0.556. The van der Waals surface area contributed by atoms with Crippen LogP contribution in [0.3, 0.4) is 0 Å². The molecule has 112 valence electrons. The summed E-state index contributed by atoms with van der Waals surface area (Å²) >= 11 is 0. The van der Waals surface area contributed by atoms with Gasteiger partial charge in [-0.25, -0.2) is 0 Å².